The lowest BCUT2D eigenvalue weighted by Gasteiger charge is -2.33. The molecule has 1 aromatic heterocycles. The summed E-state index contributed by atoms with van der Waals surface area (Å²) in [5.74, 6) is 1.07. The average molecular weight is 635 g/mol. The minimum atomic E-state index is -1.08. The first-order valence-corrected chi connectivity index (χ1v) is 14.5. The van der Waals surface area contributed by atoms with Gasteiger partial charge in [-0.15, -0.1) is 10.2 Å². The van der Waals surface area contributed by atoms with Crippen molar-refractivity contribution >= 4 is 11.8 Å². The Morgan fingerprint density at radius 3 is 2.09 bits per heavy atom. The normalized spacial score (nSPS) is 11.8. The van der Waals surface area contributed by atoms with Crippen LogP contribution in [0, 0.1) is 5.82 Å². The molecule has 0 aliphatic carbocycles. The largest absolute Gasteiger partial charge is 0.493 e. The van der Waals surface area contributed by atoms with Gasteiger partial charge in [0.15, 0.2) is 23.0 Å². The molecule has 4 rings (SSSR count). The van der Waals surface area contributed by atoms with Gasteiger partial charge < -0.3 is 29.2 Å². The fourth-order valence-corrected chi connectivity index (χ4v) is 4.85. The lowest BCUT2D eigenvalue weighted by atomic mass is 10.0. The standard InChI is InChI=1S/C33H39FN6O6/c1-33(2,3)35-32(42)30(22-9-12-24(34)13-10-22)39(17-16-21-8-14-25(43-4)27(18-21)45-6)29(41)20-40-37-31(36-38-40)23-11-15-26(44-5)28(19-23)46-7/h8-15,18-19,30H,16-17,20H2,1-7H3,(H,35,42)/t30-/m0/s1. The van der Waals surface area contributed by atoms with E-state index in [1.54, 1.807) is 38.5 Å². The molecule has 244 valence electrons. The van der Waals surface area contributed by atoms with Crippen LogP contribution in [0.5, 0.6) is 23.0 Å². The minimum Gasteiger partial charge on any atom is -0.493 e. The molecule has 0 aliphatic rings. The van der Waals surface area contributed by atoms with E-state index < -0.39 is 29.2 Å². The van der Waals surface area contributed by atoms with Gasteiger partial charge in [-0.2, -0.15) is 4.80 Å². The molecule has 46 heavy (non-hydrogen) atoms. The number of ether oxygens (including phenoxy) is 4. The third-order valence-electron chi connectivity index (χ3n) is 7.02. The number of carbonyl (C=O) groups excluding carboxylic acids is 2. The third-order valence-corrected chi connectivity index (χ3v) is 7.02. The van der Waals surface area contributed by atoms with Crippen LogP contribution in [-0.2, 0) is 22.6 Å². The SMILES string of the molecule is COc1ccc(CCN(C(=O)Cn2nnc(-c3ccc(OC)c(OC)c3)n2)[C@H](C(=O)NC(C)(C)C)c2ccc(F)cc2)cc1OC. The number of rotatable bonds is 13. The number of halogens is 1. The van der Waals surface area contributed by atoms with E-state index in [0.29, 0.717) is 40.5 Å². The third kappa shape index (κ3) is 8.29. The van der Waals surface area contributed by atoms with Crippen LogP contribution in [-0.4, -0.2) is 77.4 Å². The summed E-state index contributed by atoms with van der Waals surface area (Å²) in [4.78, 5) is 30.5. The van der Waals surface area contributed by atoms with Crippen molar-refractivity contribution in [1.29, 1.82) is 0 Å². The fraction of sp³-hybridized carbons (Fsp3) is 0.364. The summed E-state index contributed by atoms with van der Waals surface area (Å²) in [6, 6.07) is 15.1. The van der Waals surface area contributed by atoms with Crippen molar-refractivity contribution in [3.05, 3.63) is 77.6 Å². The van der Waals surface area contributed by atoms with Crippen LogP contribution < -0.4 is 24.3 Å². The summed E-state index contributed by atoms with van der Waals surface area (Å²) in [6.07, 6.45) is 0.369. The van der Waals surface area contributed by atoms with E-state index in [2.05, 4.69) is 20.7 Å². The van der Waals surface area contributed by atoms with Crippen molar-refractivity contribution in [3.63, 3.8) is 0 Å². The highest BCUT2D eigenvalue weighted by Crippen LogP contribution is 2.31. The number of amides is 2. The van der Waals surface area contributed by atoms with Crippen LogP contribution in [0.15, 0.2) is 60.7 Å². The number of hydrogen-bond acceptors (Lipinski definition) is 9. The molecule has 1 heterocycles. The van der Waals surface area contributed by atoms with Gasteiger partial charge in [0.05, 0.1) is 28.4 Å². The molecule has 0 radical (unpaired) electrons. The number of nitrogens with zero attached hydrogens (tertiary/aromatic N) is 5. The molecule has 0 saturated heterocycles. The van der Waals surface area contributed by atoms with E-state index in [0.717, 1.165) is 5.56 Å². The van der Waals surface area contributed by atoms with E-state index in [1.165, 1.54) is 48.2 Å². The molecule has 12 nitrogen and oxygen atoms in total. The van der Waals surface area contributed by atoms with Gasteiger partial charge in [-0.25, -0.2) is 4.39 Å². The molecule has 2 amide bonds. The van der Waals surface area contributed by atoms with Gasteiger partial charge in [0.1, 0.15) is 18.4 Å². The molecule has 0 spiro atoms. The van der Waals surface area contributed by atoms with Gasteiger partial charge in [0, 0.05) is 17.6 Å². The summed E-state index contributed by atoms with van der Waals surface area (Å²) >= 11 is 0. The van der Waals surface area contributed by atoms with Gasteiger partial charge in [0.25, 0.3) is 0 Å². The number of aromatic nitrogens is 4. The molecular weight excluding hydrogens is 595 g/mol. The van der Waals surface area contributed by atoms with Crippen LogP contribution in [0.1, 0.15) is 37.9 Å². The molecule has 1 atom stereocenters. The Morgan fingerprint density at radius 2 is 1.48 bits per heavy atom. The Kier molecular flexibility index (Phi) is 10.8. The van der Waals surface area contributed by atoms with Gasteiger partial charge in [0.2, 0.25) is 17.6 Å². The molecule has 0 fully saturated rings. The Bertz CT molecular complexity index is 1650. The second-order valence-electron chi connectivity index (χ2n) is 11.4. The van der Waals surface area contributed by atoms with Crippen LogP contribution in [0.2, 0.25) is 0 Å². The number of tetrazole rings is 1. The summed E-state index contributed by atoms with van der Waals surface area (Å²) in [5.41, 5.74) is 1.30. The van der Waals surface area contributed by atoms with E-state index in [4.69, 9.17) is 18.9 Å². The molecule has 0 bridgehead atoms. The number of carbonyl (C=O) groups is 2. The number of hydrogen-bond donors (Lipinski definition) is 1. The molecule has 3 aromatic carbocycles. The summed E-state index contributed by atoms with van der Waals surface area (Å²) < 4.78 is 35.4. The molecule has 0 saturated carbocycles. The van der Waals surface area contributed by atoms with Gasteiger partial charge in [-0.3, -0.25) is 9.59 Å². The first-order valence-electron chi connectivity index (χ1n) is 14.5. The summed E-state index contributed by atoms with van der Waals surface area (Å²) in [5, 5.41) is 15.6. The minimum absolute atomic E-state index is 0.130. The van der Waals surface area contributed by atoms with Crippen molar-refractivity contribution in [3.8, 4) is 34.4 Å². The van der Waals surface area contributed by atoms with Crippen molar-refractivity contribution in [1.82, 2.24) is 30.4 Å². The molecule has 4 aromatic rings. The monoisotopic (exact) mass is 634 g/mol. The molecular formula is C33H39FN6O6. The van der Waals surface area contributed by atoms with Crippen molar-refractivity contribution in [2.24, 2.45) is 0 Å². The van der Waals surface area contributed by atoms with Gasteiger partial charge in [-0.1, -0.05) is 18.2 Å². The molecule has 0 aliphatic heterocycles. The smallest absolute Gasteiger partial charge is 0.247 e. The highest BCUT2D eigenvalue weighted by molar-refractivity contribution is 5.89. The average Bonchev–Trinajstić information content (AvgIpc) is 3.50. The maximum Gasteiger partial charge on any atom is 0.247 e. The quantitative estimate of drug-likeness (QED) is 0.230. The predicted octanol–water partition coefficient (Wildman–Crippen LogP) is 4.24. The summed E-state index contributed by atoms with van der Waals surface area (Å²) in [6.45, 7) is 5.35. The van der Waals surface area contributed by atoms with E-state index in [-0.39, 0.29) is 18.9 Å². The van der Waals surface area contributed by atoms with Gasteiger partial charge >= 0.3 is 0 Å². The zero-order chi connectivity index (χ0) is 33.4. The fourth-order valence-electron chi connectivity index (χ4n) is 4.85. The van der Waals surface area contributed by atoms with Crippen LogP contribution in [0.25, 0.3) is 11.4 Å². The van der Waals surface area contributed by atoms with Crippen molar-refractivity contribution < 1.29 is 32.9 Å². The lowest BCUT2D eigenvalue weighted by Crippen LogP contribution is -2.50. The van der Waals surface area contributed by atoms with E-state index in [1.807, 2.05) is 32.9 Å². The van der Waals surface area contributed by atoms with Crippen molar-refractivity contribution in [2.45, 2.75) is 45.3 Å². The second kappa shape index (κ2) is 14.7. The van der Waals surface area contributed by atoms with Crippen molar-refractivity contribution in [2.75, 3.05) is 35.0 Å². The van der Waals surface area contributed by atoms with E-state index in [9.17, 15) is 14.0 Å². The van der Waals surface area contributed by atoms with E-state index >= 15 is 0 Å². The number of nitrogens with one attached hydrogen (secondary N) is 1. The molecule has 1 N–H and O–H groups in total. The Morgan fingerprint density at radius 1 is 0.870 bits per heavy atom. The van der Waals surface area contributed by atoms with Crippen LogP contribution in [0.3, 0.4) is 0 Å². The Hall–Kier alpha value is -5.20. The highest BCUT2D eigenvalue weighted by atomic mass is 19.1. The predicted molar refractivity (Wildman–Crippen MR) is 168 cm³/mol. The molecule has 13 heteroatoms. The lowest BCUT2D eigenvalue weighted by molar-refractivity contribution is -0.142. The highest BCUT2D eigenvalue weighted by Gasteiger charge is 2.33. The van der Waals surface area contributed by atoms with Gasteiger partial charge in [-0.05, 0) is 86.0 Å². The summed E-state index contributed by atoms with van der Waals surface area (Å²) in [7, 11) is 6.15. The topological polar surface area (TPSA) is 130 Å². The number of methoxy groups -OCH3 is 4. The zero-order valence-corrected chi connectivity index (χ0v) is 27.0. The molecule has 0 unspecified atom stereocenters. The Labute approximate surface area is 267 Å². The second-order valence-corrected chi connectivity index (χ2v) is 11.4. The van der Waals surface area contributed by atoms with Crippen LogP contribution in [0.4, 0.5) is 4.39 Å². The first-order chi connectivity index (χ1) is 22.0. The maximum atomic E-state index is 14.1. The maximum absolute atomic E-state index is 14.1. The number of benzene rings is 3. The zero-order valence-electron chi connectivity index (χ0n) is 27.0. The van der Waals surface area contributed by atoms with Crippen LogP contribution >= 0.6 is 0 Å². The first kappa shape index (κ1) is 33.7. The Balaban J connectivity index is 1.69.